The summed E-state index contributed by atoms with van der Waals surface area (Å²) in [6, 6.07) is 0. The van der Waals surface area contributed by atoms with Gasteiger partial charge in [-0.1, -0.05) is 0 Å². The molecule has 0 aliphatic carbocycles. The summed E-state index contributed by atoms with van der Waals surface area (Å²) in [6.45, 7) is 1.39. The Kier molecular flexibility index (Phi) is 21.4. The van der Waals surface area contributed by atoms with Crippen LogP contribution in [-0.2, 0) is 0 Å². The van der Waals surface area contributed by atoms with Crippen LogP contribution in [0.2, 0.25) is 0 Å². The van der Waals surface area contributed by atoms with E-state index >= 15 is 0 Å². The molecule has 1 atom stereocenters. The Morgan fingerprint density at radius 1 is 1.30 bits per heavy atom. The zero-order valence-electron chi connectivity index (χ0n) is 5.10. The minimum absolute atomic E-state index is 0. The van der Waals surface area contributed by atoms with Gasteiger partial charge in [0.2, 0.25) is 0 Å². The van der Waals surface area contributed by atoms with Crippen molar-refractivity contribution in [1.82, 2.24) is 0 Å². The van der Waals surface area contributed by atoms with Crippen molar-refractivity contribution < 1.29 is 25.3 Å². The van der Waals surface area contributed by atoms with E-state index in [-0.39, 0.29) is 36.2 Å². The Morgan fingerprint density at radius 3 is 1.40 bits per heavy atom. The fourth-order valence-electron chi connectivity index (χ4n) is 0. The second-order valence-corrected chi connectivity index (χ2v) is 1.38. The molecular weight excluding hydrogens is 150 g/mol. The first-order valence-electron chi connectivity index (χ1n) is 2.33. The van der Waals surface area contributed by atoms with E-state index in [1.54, 1.807) is 0 Å². The predicted molar refractivity (Wildman–Crippen MR) is 38.3 cm³/mol. The van der Waals surface area contributed by atoms with Crippen LogP contribution >= 0.6 is 0 Å². The zero-order chi connectivity index (χ0) is 7.86. The zero-order valence-corrected chi connectivity index (χ0v) is 5.10. The van der Waals surface area contributed by atoms with Crippen LogP contribution in [0.5, 0.6) is 0 Å². The summed E-state index contributed by atoms with van der Waals surface area (Å²) in [5.74, 6) is 0. The molecule has 0 heterocycles. The molecule has 0 aromatic heterocycles. The number of aliphatic hydroxyl groups excluding tert-OH is 2. The van der Waals surface area contributed by atoms with Gasteiger partial charge in [0.05, 0.1) is 12.7 Å². The molecule has 58 valence electrons. The van der Waals surface area contributed by atoms with Crippen LogP contribution in [0.15, 0.2) is 0 Å². The Labute approximate surface area is 81.8 Å². The molecule has 0 rings (SSSR count). The van der Waals surface area contributed by atoms with Gasteiger partial charge in [-0.05, 0) is 6.92 Å². The van der Waals surface area contributed by atoms with E-state index in [0.717, 1.165) is 0 Å². The van der Waals surface area contributed by atoms with Crippen LogP contribution in [0, 0.1) is 0 Å². The number of rotatable bonds is 1. The topological polar surface area (TPSA) is 101 Å². The Balaban J connectivity index is -0.0000000910. The molecule has 0 aliphatic heterocycles. The predicted octanol–water partition coefficient (Wildman–Crippen LogP) is -3.34. The average Bonchev–Trinajstić information content (AvgIpc) is 1.65. The van der Waals surface area contributed by atoms with Crippen molar-refractivity contribution >= 4 is 36.9 Å². The molecule has 0 amide bonds. The van der Waals surface area contributed by atoms with Gasteiger partial charge in [0.15, 0.2) is 0 Å². The third-order valence-electron chi connectivity index (χ3n) is 0.264. The van der Waals surface area contributed by atoms with Crippen molar-refractivity contribution in [1.29, 1.82) is 0 Å². The van der Waals surface area contributed by atoms with Gasteiger partial charge in [-0.25, -0.2) is 0 Å². The van der Waals surface area contributed by atoms with E-state index in [1.807, 2.05) is 0 Å². The van der Waals surface area contributed by atoms with Gasteiger partial charge in [-0.3, -0.25) is 0 Å². The van der Waals surface area contributed by atoms with Crippen molar-refractivity contribution in [3.05, 3.63) is 0 Å². The summed E-state index contributed by atoms with van der Waals surface area (Å²) in [7, 11) is -2.17. The van der Waals surface area contributed by atoms with E-state index in [1.165, 1.54) is 6.92 Å². The van der Waals surface area contributed by atoms with Gasteiger partial charge in [0, 0.05) is 0 Å². The van der Waals surface area contributed by atoms with Crippen molar-refractivity contribution in [2.75, 3.05) is 6.61 Å². The van der Waals surface area contributed by atoms with E-state index in [9.17, 15) is 0 Å². The summed E-state index contributed by atoms with van der Waals surface area (Å²) < 4.78 is 0. The molecule has 0 saturated heterocycles. The van der Waals surface area contributed by atoms with Crippen molar-refractivity contribution in [2.24, 2.45) is 0 Å². The minimum atomic E-state index is -2.17. The summed E-state index contributed by atoms with van der Waals surface area (Å²) in [4.78, 5) is 0. The van der Waals surface area contributed by atoms with E-state index < -0.39 is 13.4 Å². The second kappa shape index (κ2) is 12.5. The maximum atomic E-state index is 8.11. The third-order valence-corrected chi connectivity index (χ3v) is 0.264. The summed E-state index contributed by atoms with van der Waals surface area (Å²) in [6.07, 6.45) is -0.560. The number of aliphatic hydroxyl groups is 2. The average molecular weight is 162 g/mol. The first-order valence-corrected chi connectivity index (χ1v) is 2.33. The normalized spacial score (nSPS) is 10.2. The number of hydrogen-bond acceptors (Lipinski definition) is 5. The van der Waals surface area contributed by atoms with Crippen LogP contribution < -0.4 is 0 Å². The van der Waals surface area contributed by atoms with Gasteiger partial charge >= 0.3 is 36.9 Å². The molecule has 0 aromatic carbocycles. The summed E-state index contributed by atoms with van der Waals surface area (Å²) in [5.41, 5.74) is 0. The quantitative estimate of drug-likeness (QED) is 0.259. The van der Waals surface area contributed by atoms with Crippen LogP contribution in [0.3, 0.4) is 0 Å². The summed E-state index contributed by atoms with van der Waals surface area (Å²) >= 11 is 0. The molecule has 0 aromatic rings. The van der Waals surface area contributed by atoms with Crippen LogP contribution in [-0.4, -0.2) is 74.9 Å². The van der Waals surface area contributed by atoms with E-state index in [0.29, 0.717) is 0 Å². The first-order chi connectivity index (χ1) is 4.00. The Bertz CT molecular complexity index is 49.4. The van der Waals surface area contributed by atoms with Gasteiger partial charge in [0.1, 0.15) is 0 Å². The molecule has 7 heteroatoms. The second-order valence-electron chi connectivity index (χ2n) is 1.38. The molecule has 5 N–H and O–H groups in total. The number of hydrogen-bond donors (Lipinski definition) is 5. The Morgan fingerprint density at radius 2 is 1.40 bits per heavy atom. The molecule has 0 aliphatic rings. The molecule has 0 fully saturated rings. The van der Waals surface area contributed by atoms with Crippen LogP contribution in [0.4, 0.5) is 0 Å². The van der Waals surface area contributed by atoms with E-state index in [2.05, 4.69) is 0 Å². The third kappa shape index (κ3) is 66.8. The molecular formula is C3H12BNaO5. The monoisotopic (exact) mass is 162 g/mol. The molecule has 0 bridgehead atoms. The Hall–Kier alpha value is 0.865. The maximum absolute atomic E-state index is 8.11. The van der Waals surface area contributed by atoms with Crippen LogP contribution in [0.25, 0.3) is 0 Å². The standard InChI is InChI=1S/C3H8O2.BH3O3.Na.H/c1-3(5)2-4;2-1(3)4;;/h3-5H,2H2,1H3;2-4H;;. The fourth-order valence-corrected chi connectivity index (χ4v) is 0. The van der Waals surface area contributed by atoms with Crippen molar-refractivity contribution in [3.8, 4) is 0 Å². The van der Waals surface area contributed by atoms with Gasteiger partial charge in [-0.2, -0.15) is 0 Å². The van der Waals surface area contributed by atoms with Crippen molar-refractivity contribution in [2.45, 2.75) is 13.0 Å². The molecule has 0 radical (unpaired) electrons. The van der Waals surface area contributed by atoms with E-state index in [4.69, 9.17) is 25.3 Å². The van der Waals surface area contributed by atoms with Crippen LogP contribution in [0.1, 0.15) is 6.92 Å². The molecule has 10 heavy (non-hydrogen) atoms. The molecule has 0 saturated carbocycles. The SMILES string of the molecule is CC(O)CO.OB(O)O.[NaH]. The van der Waals surface area contributed by atoms with Gasteiger partial charge in [-0.15, -0.1) is 0 Å². The molecule has 1 unspecified atom stereocenters. The first kappa shape index (κ1) is 17.1. The molecule has 5 nitrogen and oxygen atoms in total. The van der Waals surface area contributed by atoms with Crippen molar-refractivity contribution in [3.63, 3.8) is 0 Å². The summed E-state index contributed by atoms with van der Waals surface area (Å²) in [5, 5.41) is 37.5. The fraction of sp³-hybridized carbons (Fsp3) is 1.00. The van der Waals surface area contributed by atoms with Gasteiger partial charge < -0.3 is 25.3 Å². The van der Waals surface area contributed by atoms with Gasteiger partial charge in [0.25, 0.3) is 0 Å². The molecule has 0 spiro atoms.